The van der Waals surface area contributed by atoms with E-state index in [9.17, 15) is 59.7 Å². The zero-order chi connectivity index (χ0) is 35.5. The van der Waals surface area contributed by atoms with E-state index in [2.05, 4.69) is 0 Å². The van der Waals surface area contributed by atoms with E-state index in [1.807, 2.05) is 18.9 Å². The number of carboxylic acids is 2. The number of carboxylic acid groups (broad SMARTS) is 3. The second-order valence-corrected chi connectivity index (χ2v) is 12.1. The van der Waals surface area contributed by atoms with Crippen LogP contribution in [0.1, 0.15) is 54.9 Å². The number of hydrogen-bond donors (Lipinski definition) is 3. The molecule has 47 heavy (non-hydrogen) atoms. The second-order valence-electron chi connectivity index (χ2n) is 12.1. The van der Waals surface area contributed by atoms with Crippen molar-refractivity contribution in [3.8, 4) is 0 Å². The van der Waals surface area contributed by atoms with Gasteiger partial charge in [-0.3, -0.25) is 9.59 Å². The molecule has 4 atom stereocenters. The summed E-state index contributed by atoms with van der Waals surface area (Å²) in [5, 5.41) is 27.4. The van der Waals surface area contributed by atoms with Crippen molar-refractivity contribution in [2.75, 3.05) is 20.1 Å². The lowest BCUT2D eigenvalue weighted by atomic mass is 9.78. The number of likely N-dealkylation sites (N-methyl/N-ethyl adjacent to an activating group) is 1. The van der Waals surface area contributed by atoms with E-state index in [1.165, 1.54) is 6.07 Å². The number of nitrogens with zero attached hydrogens (tertiary/aromatic N) is 2. The Morgan fingerprint density at radius 2 is 1.30 bits per heavy atom. The summed E-state index contributed by atoms with van der Waals surface area (Å²) in [6.07, 6.45) is -9.42. The number of carbonyl (C=O) groups is 3. The SMILES string of the molecule is CN1CCC(C(=O)O)CC1(C)Cc1ccc(C(F)(F)F)c(F)c1.O=C(O)C1CCN(C(=O)O)C(Cc2ccc(C(F)(F)F)c(F)c2)C1. The zero-order valence-corrected chi connectivity index (χ0v) is 25.3. The molecule has 3 N–H and O–H groups in total. The van der Waals surface area contributed by atoms with E-state index in [1.54, 1.807) is 0 Å². The van der Waals surface area contributed by atoms with Crippen molar-refractivity contribution in [3.05, 3.63) is 70.3 Å². The van der Waals surface area contributed by atoms with Crippen LogP contribution in [0.25, 0.3) is 0 Å². The predicted octanol–water partition coefficient (Wildman–Crippen LogP) is 6.80. The van der Waals surface area contributed by atoms with Gasteiger partial charge < -0.3 is 25.1 Å². The molecule has 2 aliphatic heterocycles. The van der Waals surface area contributed by atoms with Crippen molar-refractivity contribution in [2.45, 2.75) is 69.4 Å². The van der Waals surface area contributed by atoms with Crippen LogP contribution in [-0.2, 0) is 34.8 Å². The Morgan fingerprint density at radius 3 is 1.77 bits per heavy atom. The van der Waals surface area contributed by atoms with E-state index in [0.717, 1.165) is 23.1 Å². The lowest BCUT2D eigenvalue weighted by molar-refractivity contribution is -0.145. The first-order valence-electron chi connectivity index (χ1n) is 14.5. The van der Waals surface area contributed by atoms with E-state index in [4.69, 9.17) is 5.11 Å². The van der Waals surface area contributed by atoms with Gasteiger partial charge in [-0.05, 0) is 94.4 Å². The maximum absolute atomic E-state index is 13.7. The lowest BCUT2D eigenvalue weighted by Gasteiger charge is -2.45. The number of aliphatic carboxylic acids is 2. The van der Waals surface area contributed by atoms with Gasteiger partial charge in [0.25, 0.3) is 0 Å². The van der Waals surface area contributed by atoms with Crippen molar-refractivity contribution in [3.63, 3.8) is 0 Å². The molecule has 2 fully saturated rings. The molecule has 2 heterocycles. The van der Waals surface area contributed by atoms with Crippen molar-refractivity contribution in [1.29, 1.82) is 0 Å². The lowest BCUT2D eigenvalue weighted by Crippen LogP contribution is -2.52. The summed E-state index contributed by atoms with van der Waals surface area (Å²) in [6, 6.07) is 4.57. The number of benzene rings is 2. The summed E-state index contributed by atoms with van der Waals surface area (Å²) < 4.78 is 103. The van der Waals surface area contributed by atoms with Crippen molar-refractivity contribution >= 4 is 18.0 Å². The minimum atomic E-state index is -4.81. The van der Waals surface area contributed by atoms with Gasteiger partial charge in [0.1, 0.15) is 11.6 Å². The van der Waals surface area contributed by atoms with Gasteiger partial charge in [-0.1, -0.05) is 12.1 Å². The molecule has 0 spiro atoms. The maximum atomic E-state index is 13.7. The first kappa shape index (κ1) is 37.5. The van der Waals surface area contributed by atoms with Crippen LogP contribution in [0.3, 0.4) is 0 Å². The highest BCUT2D eigenvalue weighted by atomic mass is 19.4. The molecule has 260 valence electrons. The molecule has 1 amide bonds. The third-order valence-electron chi connectivity index (χ3n) is 8.81. The van der Waals surface area contributed by atoms with Crippen LogP contribution >= 0.6 is 0 Å². The minimum Gasteiger partial charge on any atom is -0.481 e. The van der Waals surface area contributed by atoms with Crippen molar-refractivity contribution in [1.82, 2.24) is 9.80 Å². The largest absolute Gasteiger partial charge is 0.481 e. The smallest absolute Gasteiger partial charge is 0.419 e. The standard InChI is InChI=1S/C16H19F4NO2.C15H15F4NO4/c1-15(9-11(14(22)23)5-6-21(15)2)8-10-3-4-12(13(17)7-10)16(18,19)20;16-12-6-8(1-2-11(12)15(17,18)19)5-10-7-9(13(21)22)3-4-20(10)14(23)24/h3-4,7,11H,5-6,8-9H2,1-2H3,(H,22,23);1-2,6,9-10H,3-5,7H2,(H,21,22)(H,23,24). The number of alkyl halides is 6. The highest BCUT2D eigenvalue weighted by Crippen LogP contribution is 2.36. The monoisotopic (exact) mass is 682 g/mol. The molecule has 0 aliphatic carbocycles. The Kier molecular flexibility index (Phi) is 11.5. The molecule has 0 radical (unpaired) electrons. The fraction of sp³-hybridized carbons (Fsp3) is 0.516. The first-order chi connectivity index (χ1) is 21.6. The minimum absolute atomic E-state index is 0.0140. The van der Waals surface area contributed by atoms with Gasteiger partial charge in [0.2, 0.25) is 0 Å². The van der Waals surface area contributed by atoms with Crippen LogP contribution in [-0.4, -0.2) is 74.9 Å². The summed E-state index contributed by atoms with van der Waals surface area (Å²) in [7, 11) is 1.85. The highest BCUT2D eigenvalue weighted by Gasteiger charge is 2.40. The van der Waals surface area contributed by atoms with Gasteiger partial charge in [-0.2, -0.15) is 26.3 Å². The molecular weight excluding hydrogens is 648 g/mol. The molecule has 2 aromatic carbocycles. The Hall–Kier alpha value is -3.95. The summed E-state index contributed by atoms with van der Waals surface area (Å²) in [5.74, 6) is -5.88. The average molecular weight is 683 g/mol. The maximum Gasteiger partial charge on any atom is 0.419 e. The second kappa shape index (κ2) is 14.4. The van der Waals surface area contributed by atoms with Crippen LogP contribution in [0.4, 0.5) is 39.9 Å². The summed E-state index contributed by atoms with van der Waals surface area (Å²) >= 11 is 0. The number of halogens is 8. The Morgan fingerprint density at radius 1 is 0.809 bits per heavy atom. The van der Waals surface area contributed by atoms with Crippen LogP contribution in [0, 0.1) is 23.5 Å². The van der Waals surface area contributed by atoms with Crippen LogP contribution in [0.5, 0.6) is 0 Å². The molecule has 16 heteroatoms. The van der Waals surface area contributed by atoms with Gasteiger partial charge >= 0.3 is 30.4 Å². The fourth-order valence-electron chi connectivity index (χ4n) is 6.07. The topological polar surface area (TPSA) is 118 Å². The normalized spacial score (nSPS) is 23.9. The molecule has 0 saturated carbocycles. The highest BCUT2D eigenvalue weighted by molar-refractivity contribution is 5.71. The van der Waals surface area contributed by atoms with Crippen LogP contribution in [0.15, 0.2) is 36.4 Å². The number of rotatable bonds is 6. The van der Waals surface area contributed by atoms with Gasteiger partial charge in [0.15, 0.2) is 0 Å². The van der Waals surface area contributed by atoms with Crippen molar-refractivity contribution in [2.24, 2.45) is 11.8 Å². The number of piperidine rings is 2. The molecule has 4 rings (SSSR count). The van der Waals surface area contributed by atoms with Gasteiger partial charge in [0.05, 0.1) is 23.0 Å². The molecule has 0 aromatic heterocycles. The van der Waals surface area contributed by atoms with E-state index < -0.39 is 76.6 Å². The Labute approximate surface area is 264 Å². The molecule has 2 aromatic rings. The predicted molar refractivity (Wildman–Crippen MR) is 150 cm³/mol. The van der Waals surface area contributed by atoms with Crippen LogP contribution in [0.2, 0.25) is 0 Å². The van der Waals surface area contributed by atoms with Crippen LogP contribution < -0.4 is 0 Å². The van der Waals surface area contributed by atoms with Gasteiger partial charge in [-0.25, -0.2) is 13.6 Å². The molecular formula is C31H34F8N2O6. The van der Waals surface area contributed by atoms with Crippen molar-refractivity contribution < 1.29 is 64.8 Å². The third kappa shape index (κ3) is 9.55. The van der Waals surface area contributed by atoms with E-state index in [-0.39, 0.29) is 31.4 Å². The molecule has 0 bridgehead atoms. The number of likely N-dealkylation sites (tertiary alicyclic amines) is 2. The summed E-state index contributed by atoms with van der Waals surface area (Å²) in [5.41, 5.74) is -2.60. The molecule has 8 nitrogen and oxygen atoms in total. The average Bonchev–Trinajstić information content (AvgIpc) is 2.93. The molecule has 2 aliphatic rings. The Bertz CT molecular complexity index is 1470. The molecule has 2 saturated heterocycles. The number of amides is 1. The summed E-state index contributed by atoms with van der Waals surface area (Å²) in [6.45, 7) is 2.45. The van der Waals surface area contributed by atoms with E-state index >= 15 is 0 Å². The van der Waals surface area contributed by atoms with E-state index in [0.29, 0.717) is 43.5 Å². The summed E-state index contributed by atoms with van der Waals surface area (Å²) in [4.78, 5) is 36.6. The molecule has 4 unspecified atom stereocenters. The first-order valence-corrected chi connectivity index (χ1v) is 14.5. The quantitative estimate of drug-likeness (QED) is 0.287. The fourth-order valence-corrected chi connectivity index (χ4v) is 6.07. The van der Waals surface area contributed by atoms with Gasteiger partial charge in [-0.15, -0.1) is 0 Å². The number of hydrogen-bond acceptors (Lipinski definition) is 4. The Balaban J connectivity index is 0.000000256. The zero-order valence-electron chi connectivity index (χ0n) is 25.3. The van der Waals surface area contributed by atoms with Gasteiger partial charge in [0, 0.05) is 18.1 Å². The third-order valence-corrected chi connectivity index (χ3v) is 8.81.